The van der Waals surface area contributed by atoms with Gasteiger partial charge in [-0.1, -0.05) is 52.9 Å². The third kappa shape index (κ3) is 6.06. The van der Waals surface area contributed by atoms with Crippen LogP contribution in [0.3, 0.4) is 0 Å². The van der Waals surface area contributed by atoms with E-state index in [1.54, 1.807) is 0 Å². The highest BCUT2D eigenvalue weighted by Gasteiger charge is 2.37. The van der Waals surface area contributed by atoms with Crippen molar-refractivity contribution < 1.29 is 14.6 Å². The van der Waals surface area contributed by atoms with E-state index >= 15 is 0 Å². The van der Waals surface area contributed by atoms with E-state index in [9.17, 15) is 9.90 Å². The van der Waals surface area contributed by atoms with Gasteiger partial charge >= 0.3 is 5.97 Å². The predicted molar refractivity (Wildman–Crippen MR) is 70.3 cm³/mol. The molecule has 0 spiro atoms. The standard InChI is InChI=1S/C14H28O3/c1-4-7-8-9-12-17-14(10-5-2,11-6-3)13(15)16/h4-12H2,1-3H3,(H,15,16). The maximum atomic E-state index is 11.4. The largest absolute Gasteiger partial charge is 0.479 e. The van der Waals surface area contributed by atoms with Crippen molar-refractivity contribution in [1.82, 2.24) is 0 Å². The second-order valence-corrected chi connectivity index (χ2v) is 4.71. The van der Waals surface area contributed by atoms with Gasteiger partial charge in [0.15, 0.2) is 5.60 Å². The second kappa shape index (κ2) is 9.46. The molecule has 0 amide bonds. The summed E-state index contributed by atoms with van der Waals surface area (Å²) in [5.41, 5.74) is -0.935. The molecule has 0 heterocycles. The van der Waals surface area contributed by atoms with E-state index in [-0.39, 0.29) is 0 Å². The van der Waals surface area contributed by atoms with Crippen LogP contribution >= 0.6 is 0 Å². The normalized spacial score (nSPS) is 11.7. The highest BCUT2D eigenvalue weighted by Crippen LogP contribution is 2.25. The lowest BCUT2D eigenvalue weighted by atomic mass is 9.92. The molecule has 102 valence electrons. The maximum absolute atomic E-state index is 11.4. The molecule has 0 aromatic heterocycles. The average Bonchev–Trinajstić information content (AvgIpc) is 2.29. The van der Waals surface area contributed by atoms with Crippen molar-refractivity contribution in [3.8, 4) is 0 Å². The number of carboxylic acid groups (broad SMARTS) is 1. The Morgan fingerprint density at radius 3 is 2.00 bits per heavy atom. The molecule has 0 bridgehead atoms. The lowest BCUT2D eigenvalue weighted by Gasteiger charge is -2.29. The van der Waals surface area contributed by atoms with Crippen molar-refractivity contribution in [2.24, 2.45) is 0 Å². The zero-order valence-electron chi connectivity index (χ0n) is 11.6. The number of unbranched alkanes of at least 4 members (excludes halogenated alkanes) is 3. The van der Waals surface area contributed by atoms with Crippen LogP contribution in [0.4, 0.5) is 0 Å². The molecule has 0 unspecified atom stereocenters. The van der Waals surface area contributed by atoms with Crippen LogP contribution in [0.15, 0.2) is 0 Å². The molecule has 0 aromatic carbocycles. The minimum Gasteiger partial charge on any atom is -0.479 e. The molecule has 0 radical (unpaired) electrons. The van der Waals surface area contributed by atoms with Crippen LogP contribution in [0.5, 0.6) is 0 Å². The monoisotopic (exact) mass is 244 g/mol. The second-order valence-electron chi connectivity index (χ2n) is 4.71. The van der Waals surface area contributed by atoms with Gasteiger partial charge in [0.25, 0.3) is 0 Å². The smallest absolute Gasteiger partial charge is 0.335 e. The van der Waals surface area contributed by atoms with Crippen molar-refractivity contribution in [3.63, 3.8) is 0 Å². The first-order valence-electron chi connectivity index (χ1n) is 7.00. The Kier molecular flexibility index (Phi) is 9.14. The number of hydrogen-bond donors (Lipinski definition) is 1. The van der Waals surface area contributed by atoms with E-state index in [0.29, 0.717) is 19.4 Å². The highest BCUT2D eigenvalue weighted by atomic mass is 16.5. The zero-order chi connectivity index (χ0) is 13.1. The van der Waals surface area contributed by atoms with E-state index in [0.717, 1.165) is 25.7 Å². The van der Waals surface area contributed by atoms with Crippen molar-refractivity contribution in [3.05, 3.63) is 0 Å². The minimum absolute atomic E-state index is 0.576. The Labute approximate surface area is 106 Å². The van der Waals surface area contributed by atoms with Gasteiger partial charge in [0.1, 0.15) is 0 Å². The Morgan fingerprint density at radius 1 is 1.00 bits per heavy atom. The average molecular weight is 244 g/mol. The lowest BCUT2D eigenvalue weighted by Crippen LogP contribution is -2.41. The van der Waals surface area contributed by atoms with E-state index in [2.05, 4.69) is 6.92 Å². The first kappa shape index (κ1) is 16.4. The van der Waals surface area contributed by atoms with Crippen molar-refractivity contribution in [2.75, 3.05) is 6.61 Å². The molecular weight excluding hydrogens is 216 g/mol. The third-order valence-corrected chi connectivity index (χ3v) is 3.07. The molecule has 0 aromatic rings. The molecule has 0 aliphatic heterocycles. The number of carboxylic acids is 1. The number of ether oxygens (including phenoxy) is 1. The fourth-order valence-electron chi connectivity index (χ4n) is 2.15. The summed E-state index contributed by atoms with van der Waals surface area (Å²) >= 11 is 0. The summed E-state index contributed by atoms with van der Waals surface area (Å²) in [5, 5.41) is 9.36. The fourth-order valence-corrected chi connectivity index (χ4v) is 2.15. The Morgan fingerprint density at radius 2 is 1.59 bits per heavy atom. The van der Waals surface area contributed by atoms with E-state index in [1.807, 2.05) is 13.8 Å². The van der Waals surface area contributed by atoms with Crippen molar-refractivity contribution in [2.45, 2.75) is 77.7 Å². The van der Waals surface area contributed by atoms with Crippen LogP contribution in [0.25, 0.3) is 0 Å². The third-order valence-electron chi connectivity index (χ3n) is 3.07. The highest BCUT2D eigenvalue weighted by molar-refractivity contribution is 5.77. The SMILES string of the molecule is CCCCCCOC(CCC)(CCC)C(=O)O. The van der Waals surface area contributed by atoms with Crippen LogP contribution < -0.4 is 0 Å². The van der Waals surface area contributed by atoms with Gasteiger partial charge in [-0.2, -0.15) is 0 Å². The molecule has 3 heteroatoms. The van der Waals surface area contributed by atoms with Crippen molar-refractivity contribution in [1.29, 1.82) is 0 Å². The summed E-state index contributed by atoms with van der Waals surface area (Å²) in [6, 6.07) is 0. The topological polar surface area (TPSA) is 46.5 Å². The molecular formula is C14H28O3. The summed E-state index contributed by atoms with van der Waals surface area (Å²) < 4.78 is 5.72. The van der Waals surface area contributed by atoms with E-state index in [1.165, 1.54) is 12.8 Å². The molecule has 0 atom stereocenters. The van der Waals surface area contributed by atoms with Gasteiger partial charge in [0.2, 0.25) is 0 Å². The molecule has 0 aliphatic rings. The lowest BCUT2D eigenvalue weighted by molar-refractivity contribution is -0.168. The number of hydrogen-bond acceptors (Lipinski definition) is 2. The summed E-state index contributed by atoms with van der Waals surface area (Å²) in [7, 11) is 0. The molecule has 3 nitrogen and oxygen atoms in total. The Bertz CT molecular complexity index is 196. The van der Waals surface area contributed by atoms with Crippen LogP contribution in [0.2, 0.25) is 0 Å². The summed E-state index contributed by atoms with van der Waals surface area (Å²) in [5.74, 6) is -0.795. The number of rotatable bonds is 11. The quantitative estimate of drug-likeness (QED) is 0.559. The van der Waals surface area contributed by atoms with E-state index in [4.69, 9.17) is 4.74 Å². The molecule has 17 heavy (non-hydrogen) atoms. The Balaban J connectivity index is 4.20. The molecule has 0 aliphatic carbocycles. The van der Waals surface area contributed by atoms with Crippen LogP contribution in [0.1, 0.15) is 72.1 Å². The number of carbonyl (C=O) groups is 1. The molecule has 1 N–H and O–H groups in total. The predicted octanol–water partition coefficient (Wildman–Crippen LogP) is 4.01. The first-order valence-corrected chi connectivity index (χ1v) is 7.00. The molecule has 0 fully saturated rings. The van der Waals surface area contributed by atoms with Gasteiger partial charge in [-0.15, -0.1) is 0 Å². The fraction of sp³-hybridized carbons (Fsp3) is 0.929. The number of aliphatic carboxylic acids is 1. The minimum atomic E-state index is -0.935. The summed E-state index contributed by atoms with van der Waals surface area (Å²) in [4.78, 5) is 11.4. The molecule has 0 rings (SSSR count). The van der Waals surface area contributed by atoms with Gasteiger partial charge in [0, 0.05) is 6.61 Å². The summed E-state index contributed by atoms with van der Waals surface area (Å²) in [6.45, 7) is 6.75. The Hall–Kier alpha value is -0.570. The maximum Gasteiger partial charge on any atom is 0.335 e. The van der Waals surface area contributed by atoms with Crippen LogP contribution in [-0.4, -0.2) is 23.3 Å². The van der Waals surface area contributed by atoms with Crippen molar-refractivity contribution >= 4 is 5.97 Å². The molecule has 0 saturated carbocycles. The van der Waals surface area contributed by atoms with E-state index < -0.39 is 11.6 Å². The van der Waals surface area contributed by atoms with Gasteiger partial charge in [-0.05, 0) is 19.3 Å². The molecule has 0 saturated heterocycles. The van der Waals surface area contributed by atoms with Gasteiger partial charge in [0.05, 0.1) is 0 Å². The van der Waals surface area contributed by atoms with Gasteiger partial charge < -0.3 is 9.84 Å². The van der Waals surface area contributed by atoms with Gasteiger partial charge in [-0.25, -0.2) is 4.79 Å². The first-order chi connectivity index (χ1) is 8.13. The van der Waals surface area contributed by atoms with Gasteiger partial charge in [-0.3, -0.25) is 0 Å². The van der Waals surface area contributed by atoms with Crippen LogP contribution in [0, 0.1) is 0 Å². The van der Waals surface area contributed by atoms with Crippen LogP contribution in [-0.2, 0) is 9.53 Å². The summed E-state index contributed by atoms with van der Waals surface area (Å²) in [6.07, 6.45) is 7.41. The zero-order valence-corrected chi connectivity index (χ0v) is 11.6.